The lowest BCUT2D eigenvalue weighted by Gasteiger charge is -2.29. The topological polar surface area (TPSA) is 99.5 Å². The second-order valence-electron chi connectivity index (χ2n) is 10.8. The third kappa shape index (κ3) is 7.79. The molecule has 1 atom stereocenters. The molecule has 0 fully saturated rings. The summed E-state index contributed by atoms with van der Waals surface area (Å²) in [7, 11) is 1.58. The van der Waals surface area contributed by atoms with Crippen molar-refractivity contribution in [2.75, 3.05) is 31.0 Å². The van der Waals surface area contributed by atoms with Gasteiger partial charge in [-0.25, -0.2) is 4.68 Å². The number of hydrogen-bond acceptors (Lipinski definition) is 8. The van der Waals surface area contributed by atoms with Gasteiger partial charge < -0.3 is 24.8 Å². The number of nitrogens with one attached hydrogen (secondary N) is 2. The van der Waals surface area contributed by atoms with Gasteiger partial charge in [0.15, 0.2) is 11.5 Å². The Morgan fingerprint density at radius 1 is 1.00 bits per heavy atom. The van der Waals surface area contributed by atoms with Crippen molar-refractivity contribution in [2.24, 2.45) is 0 Å². The van der Waals surface area contributed by atoms with E-state index >= 15 is 0 Å². The van der Waals surface area contributed by atoms with Crippen molar-refractivity contribution in [2.45, 2.75) is 63.4 Å². The molecule has 11 heteroatoms. The van der Waals surface area contributed by atoms with E-state index < -0.39 is 6.04 Å². The zero-order chi connectivity index (χ0) is 32.5. The highest BCUT2D eigenvalue weighted by molar-refractivity contribution is 7.98. The summed E-state index contributed by atoms with van der Waals surface area (Å²) in [5.74, 6) is 2.69. The minimum absolute atomic E-state index is 0.292. The van der Waals surface area contributed by atoms with Crippen molar-refractivity contribution in [3.8, 4) is 17.2 Å². The van der Waals surface area contributed by atoms with Crippen LogP contribution in [0.1, 0.15) is 63.6 Å². The van der Waals surface area contributed by atoms with Crippen LogP contribution >= 0.6 is 23.4 Å². The fraction of sp³-hybridized carbons (Fsp3) is 0.343. The van der Waals surface area contributed by atoms with Gasteiger partial charge >= 0.3 is 0 Å². The van der Waals surface area contributed by atoms with Crippen LogP contribution in [0.2, 0.25) is 5.02 Å². The number of unbranched alkanes of at least 4 members (excludes halogenated alkanes) is 3. The van der Waals surface area contributed by atoms with E-state index in [2.05, 4.69) is 17.6 Å². The zero-order valence-electron chi connectivity index (χ0n) is 26.6. The molecule has 1 aromatic heterocycles. The number of ether oxygens (including phenoxy) is 3. The molecule has 2 heterocycles. The van der Waals surface area contributed by atoms with E-state index in [1.165, 1.54) is 24.6 Å². The Kier molecular flexibility index (Phi) is 11.5. The number of thioether (sulfide) groups is 1. The Morgan fingerprint density at radius 3 is 2.59 bits per heavy atom. The number of carbonyl (C=O) groups excluding carboxylic acids is 1. The quantitative estimate of drug-likeness (QED) is 0.0966. The highest BCUT2D eigenvalue weighted by Crippen LogP contribution is 2.41. The first kappa shape index (κ1) is 33.2. The van der Waals surface area contributed by atoms with Crippen LogP contribution in [0.25, 0.3) is 0 Å². The number of benzene rings is 3. The van der Waals surface area contributed by atoms with Gasteiger partial charge in [-0.05, 0) is 61.7 Å². The number of hydrogen-bond donors (Lipinski definition) is 2. The van der Waals surface area contributed by atoms with Crippen molar-refractivity contribution in [1.82, 2.24) is 14.8 Å². The number of halogens is 1. The molecule has 2 N–H and O–H groups in total. The Bertz CT molecular complexity index is 1690. The van der Waals surface area contributed by atoms with Crippen LogP contribution in [0.5, 0.6) is 17.2 Å². The average molecular weight is 662 g/mol. The van der Waals surface area contributed by atoms with Crippen molar-refractivity contribution in [3.05, 3.63) is 94.1 Å². The molecular formula is C35H40ClN5O4S. The molecule has 0 aliphatic carbocycles. The normalized spacial score (nSPS) is 14.0. The molecule has 4 aromatic rings. The number of rotatable bonds is 15. The number of carbonyl (C=O) groups is 1. The van der Waals surface area contributed by atoms with E-state index in [9.17, 15) is 4.79 Å². The molecule has 0 saturated heterocycles. The number of nitrogens with zero attached hydrogens (tertiary/aromatic N) is 3. The van der Waals surface area contributed by atoms with Crippen LogP contribution in [0.3, 0.4) is 0 Å². The van der Waals surface area contributed by atoms with E-state index in [1.54, 1.807) is 17.9 Å². The summed E-state index contributed by atoms with van der Waals surface area (Å²) in [6.45, 7) is 7.08. The van der Waals surface area contributed by atoms with Crippen LogP contribution in [0.4, 0.5) is 11.6 Å². The summed E-state index contributed by atoms with van der Waals surface area (Å²) in [5, 5.41) is 12.5. The second-order valence-corrected chi connectivity index (χ2v) is 12.2. The van der Waals surface area contributed by atoms with Gasteiger partial charge in [0.2, 0.25) is 11.1 Å². The molecular weight excluding hydrogens is 622 g/mol. The lowest BCUT2D eigenvalue weighted by molar-refractivity contribution is -0.113. The van der Waals surface area contributed by atoms with Crippen LogP contribution in [-0.4, -0.2) is 41.0 Å². The Morgan fingerprint density at radius 2 is 1.80 bits per heavy atom. The highest BCUT2D eigenvalue weighted by atomic mass is 35.5. The van der Waals surface area contributed by atoms with Gasteiger partial charge in [-0.15, -0.1) is 5.10 Å². The predicted octanol–water partition coefficient (Wildman–Crippen LogP) is 8.52. The smallest absolute Gasteiger partial charge is 0.255 e. The van der Waals surface area contributed by atoms with Crippen LogP contribution in [0, 0.1) is 0 Å². The van der Waals surface area contributed by atoms with Gasteiger partial charge in [-0.3, -0.25) is 4.79 Å². The van der Waals surface area contributed by atoms with E-state index in [0.29, 0.717) is 69.3 Å². The maximum Gasteiger partial charge on any atom is 0.255 e. The summed E-state index contributed by atoms with van der Waals surface area (Å²) in [4.78, 5) is 18.9. The lowest BCUT2D eigenvalue weighted by atomic mass is 9.94. The van der Waals surface area contributed by atoms with Gasteiger partial charge in [-0.1, -0.05) is 85.9 Å². The number of methoxy groups -OCH3 is 1. The molecule has 0 saturated carbocycles. The van der Waals surface area contributed by atoms with E-state index in [1.807, 2.05) is 74.5 Å². The number of allylic oxidation sites excluding steroid dienone is 1. The van der Waals surface area contributed by atoms with Gasteiger partial charge in [0, 0.05) is 16.5 Å². The Labute approximate surface area is 279 Å². The molecule has 3 aromatic carbocycles. The molecule has 242 valence electrons. The summed E-state index contributed by atoms with van der Waals surface area (Å²) >= 11 is 7.89. The molecule has 1 aliphatic rings. The molecule has 0 radical (unpaired) electrons. The van der Waals surface area contributed by atoms with Gasteiger partial charge in [-0.2, -0.15) is 4.98 Å². The second kappa shape index (κ2) is 15.9. The third-order valence-electron chi connectivity index (χ3n) is 7.59. The van der Waals surface area contributed by atoms with Crippen molar-refractivity contribution in [3.63, 3.8) is 0 Å². The minimum Gasteiger partial charge on any atom is -0.495 e. The standard InChI is InChI=1S/C35H40ClN5O4S/c1-5-7-8-13-20-45-29-19-18-24(21-30(29)44-6-2)32-31(33(42)38-27-16-11-12-17-28(27)43-4)23(3)37-34-39-35(40-41(32)34)46-22-25-14-9-10-15-26(25)36/h9-12,14-19,21,32H,5-8,13,20,22H2,1-4H3,(H,38,42)(H,37,39,40). The summed E-state index contributed by atoms with van der Waals surface area (Å²) in [6, 6.07) is 20.3. The van der Waals surface area contributed by atoms with Gasteiger partial charge in [0.05, 0.1) is 31.6 Å². The maximum absolute atomic E-state index is 14.1. The fourth-order valence-corrected chi connectivity index (χ4v) is 6.40. The summed E-state index contributed by atoms with van der Waals surface area (Å²) in [5.41, 5.74) is 3.51. The molecule has 0 spiro atoms. The van der Waals surface area contributed by atoms with Crippen molar-refractivity contribution < 1.29 is 19.0 Å². The van der Waals surface area contributed by atoms with Crippen LogP contribution in [-0.2, 0) is 10.5 Å². The zero-order valence-corrected chi connectivity index (χ0v) is 28.2. The largest absolute Gasteiger partial charge is 0.495 e. The monoisotopic (exact) mass is 661 g/mol. The average Bonchev–Trinajstić information content (AvgIpc) is 3.46. The molecule has 1 aliphatic heterocycles. The number of para-hydroxylation sites is 2. The molecule has 9 nitrogen and oxygen atoms in total. The van der Waals surface area contributed by atoms with Gasteiger partial charge in [0.25, 0.3) is 5.91 Å². The van der Waals surface area contributed by atoms with E-state index in [4.69, 9.17) is 35.9 Å². The Balaban J connectivity index is 1.50. The maximum atomic E-state index is 14.1. The Hall–Kier alpha value is -4.15. The lowest BCUT2D eigenvalue weighted by Crippen LogP contribution is -2.31. The van der Waals surface area contributed by atoms with Crippen LogP contribution < -0.4 is 24.8 Å². The van der Waals surface area contributed by atoms with Gasteiger partial charge in [0.1, 0.15) is 11.8 Å². The van der Waals surface area contributed by atoms with E-state index in [-0.39, 0.29) is 5.91 Å². The first-order valence-electron chi connectivity index (χ1n) is 15.6. The highest BCUT2D eigenvalue weighted by Gasteiger charge is 2.35. The van der Waals surface area contributed by atoms with Crippen molar-refractivity contribution >= 4 is 40.9 Å². The third-order valence-corrected chi connectivity index (χ3v) is 8.84. The number of amides is 1. The first-order valence-corrected chi connectivity index (χ1v) is 16.9. The molecule has 1 amide bonds. The summed E-state index contributed by atoms with van der Waals surface area (Å²) in [6.07, 6.45) is 4.44. The first-order chi connectivity index (χ1) is 22.4. The number of anilines is 2. The number of aromatic nitrogens is 3. The summed E-state index contributed by atoms with van der Waals surface area (Å²) < 4.78 is 19.5. The predicted molar refractivity (Wildman–Crippen MR) is 184 cm³/mol. The molecule has 46 heavy (non-hydrogen) atoms. The molecule has 5 rings (SSSR count). The molecule has 0 bridgehead atoms. The number of fused-ring (bicyclic) bond motifs is 1. The van der Waals surface area contributed by atoms with Crippen LogP contribution in [0.15, 0.2) is 83.2 Å². The molecule has 1 unspecified atom stereocenters. The SMILES string of the molecule is CCCCCCOc1ccc(C2C(C(=O)Nc3ccccc3OC)=C(C)Nc3nc(SCc4ccccc4Cl)nn32)cc1OCC. The van der Waals surface area contributed by atoms with Crippen molar-refractivity contribution in [1.29, 1.82) is 0 Å². The fourth-order valence-electron chi connectivity index (χ4n) is 5.28. The van der Waals surface area contributed by atoms with E-state index in [0.717, 1.165) is 24.0 Å². The minimum atomic E-state index is -0.606.